The van der Waals surface area contributed by atoms with Gasteiger partial charge in [0.25, 0.3) is 0 Å². The van der Waals surface area contributed by atoms with Crippen LogP contribution in [0, 0.1) is 0 Å². The maximum absolute atomic E-state index is 11.8. The topological polar surface area (TPSA) is 72.5 Å². The van der Waals surface area contributed by atoms with Gasteiger partial charge in [0.2, 0.25) is 0 Å². The SMILES string of the molecule is CCCOCCNc1cc(Cl)ncc1NC(=O)OC(C)(C)C. The third-order valence-corrected chi connectivity index (χ3v) is 2.62. The van der Waals surface area contributed by atoms with Crippen LogP contribution in [0.2, 0.25) is 5.15 Å². The zero-order chi connectivity index (χ0) is 16.6. The highest BCUT2D eigenvalue weighted by molar-refractivity contribution is 6.29. The van der Waals surface area contributed by atoms with Gasteiger partial charge in [-0.2, -0.15) is 0 Å². The van der Waals surface area contributed by atoms with Crippen molar-refractivity contribution < 1.29 is 14.3 Å². The predicted octanol–water partition coefficient (Wildman–Crippen LogP) is 3.92. The first-order chi connectivity index (χ1) is 10.3. The minimum Gasteiger partial charge on any atom is -0.444 e. The average Bonchev–Trinajstić information content (AvgIpc) is 2.39. The highest BCUT2D eigenvalue weighted by atomic mass is 35.5. The largest absolute Gasteiger partial charge is 0.444 e. The van der Waals surface area contributed by atoms with E-state index >= 15 is 0 Å². The Morgan fingerprint density at radius 1 is 1.32 bits per heavy atom. The molecule has 0 unspecified atom stereocenters. The molecule has 1 heterocycles. The van der Waals surface area contributed by atoms with Crippen molar-refractivity contribution in [2.24, 2.45) is 0 Å². The number of anilines is 2. The Morgan fingerprint density at radius 2 is 2.05 bits per heavy atom. The molecule has 0 saturated carbocycles. The molecule has 7 heteroatoms. The Hall–Kier alpha value is -1.53. The lowest BCUT2D eigenvalue weighted by Gasteiger charge is -2.20. The third kappa shape index (κ3) is 7.47. The number of nitrogens with zero attached hydrogens (tertiary/aromatic N) is 1. The number of halogens is 1. The standard InChI is InChI=1S/C15H24ClN3O3/c1-5-7-21-8-6-17-11-9-13(16)18-10-12(11)19-14(20)22-15(2,3)4/h9-10H,5-8H2,1-4H3,(H,17,18)(H,19,20). The van der Waals surface area contributed by atoms with Crippen molar-refractivity contribution in [1.29, 1.82) is 0 Å². The van der Waals surface area contributed by atoms with Crippen molar-refractivity contribution in [1.82, 2.24) is 4.98 Å². The molecular formula is C15H24ClN3O3. The molecule has 2 N–H and O–H groups in total. The molecular weight excluding hydrogens is 306 g/mol. The number of ether oxygens (including phenoxy) is 2. The molecule has 124 valence electrons. The summed E-state index contributed by atoms with van der Waals surface area (Å²) in [6, 6.07) is 1.65. The van der Waals surface area contributed by atoms with E-state index in [1.165, 1.54) is 6.20 Å². The fourth-order valence-electron chi connectivity index (χ4n) is 1.59. The summed E-state index contributed by atoms with van der Waals surface area (Å²) in [5, 5.41) is 6.16. The second kappa shape index (κ2) is 8.80. The summed E-state index contributed by atoms with van der Waals surface area (Å²) in [5.74, 6) is 0. The molecule has 0 saturated heterocycles. The number of hydrogen-bond acceptors (Lipinski definition) is 5. The van der Waals surface area contributed by atoms with Crippen LogP contribution >= 0.6 is 11.6 Å². The monoisotopic (exact) mass is 329 g/mol. The molecule has 6 nitrogen and oxygen atoms in total. The summed E-state index contributed by atoms with van der Waals surface area (Å²) >= 11 is 5.90. The minimum atomic E-state index is -0.564. The van der Waals surface area contributed by atoms with Crippen molar-refractivity contribution in [3.8, 4) is 0 Å². The summed E-state index contributed by atoms with van der Waals surface area (Å²) in [5.41, 5.74) is 0.617. The summed E-state index contributed by atoms with van der Waals surface area (Å²) < 4.78 is 10.6. The van der Waals surface area contributed by atoms with Crippen molar-refractivity contribution in [3.63, 3.8) is 0 Å². The van der Waals surface area contributed by atoms with Crippen molar-refractivity contribution in [3.05, 3.63) is 17.4 Å². The van der Waals surface area contributed by atoms with Gasteiger partial charge in [0, 0.05) is 19.2 Å². The van der Waals surface area contributed by atoms with Crippen LogP contribution in [0.15, 0.2) is 12.3 Å². The van der Waals surface area contributed by atoms with E-state index in [0.29, 0.717) is 29.7 Å². The molecule has 1 rings (SSSR count). The van der Waals surface area contributed by atoms with E-state index in [1.54, 1.807) is 26.8 Å². The van der Waals surface area contributed by atoms with Crippen LogP contribution in [0.25, 0.3) is 0 Å². The fraction of sp³-hybridized carbons (Fsp3) is 0.600. The van der Waals surface area contributed by atoms with Crippen LogP contribution in [-0.4, -0.2) is 36.4 Å². The number of carbonyl (C=O) groups is 1. The number of carbonyl (C=O) groups excluding carboxylic acids is 1. The lowest BCUT2D eigenvalue weighted by atomic mass is 10.2. The van der Waals surface area contributed by atoms with E-state index < -0.39 is 11.7 Å². The molecule has 0 fully saturated rings. The normalized spacial score (nSPS) is 11.1. The van der Waals surface area contributed by atoms with E-state index in [0.717, 1.165) is 13.0 Å². The van der Waals surface area contributed by atoms with Crippen molar-refractivity contribution >= 4 is 29.1 Å². The number of amides is 1. The number of nitrogens with one attached hydrogen (secondary N) is 2. The van der Waals surface area contributed by atoms with E-state index in [1.807, 2.05) is 0 Å². The highest BCUT2D eigenvalue weighted by Crippen LogP contribution is 2.24. The lowest BCUT2D eigenvalue weighted by Crippen LogP contribution is -2.27. The van der Waals surface area contributed by atoms with Gasteiger partial charge in [-0.3, -0.25) is 5.32 Å². The maximum Gasteiger partial charge on any atom is 0.412 e. The van der Waals surface area contributed by atoms with E-state index in [2.05, 4.69) is 22.5 Å². The Bertz CT molecular complexity index is 489. The van der Waals surface area contributed by atoms with Gasteiger partial charge in [0.15, 0.2) is 0 Å². The average molecular weight is 330 g/mol. The Balaban J connectivity index is 2.63. The Labute approximate surface area is 136 Å². The molecule has 0 aromatic carbocycles. The second-order valence-corrected chi connectivity index (χ2v) is 6.11. The fourth-order valence-corrected chi connectivity index (χ4v) is 1.75. The first-order valence-corrected chi connectivity index (χ1v) is 7.67. The Kier molecular flexibility index (Phi) is 7.41. The van der Waals surface area contributed by atoms with Crippen molar-refractivity contribution in [2.75, 3.05) is 30.4 Å². The molecule has 1 amide bonds. The summed E-state index contributed by atoms with van der Waals surface area (Å²) in [6.45, 7) is 9.36. The Morgan fingerprint density at radius 3 is 2.68 bits per heavy atom. The van der Waals surface area contributed by atoms with Gasteiger partial charge in [-0.15, -0.1) is 0 Å². The van der Waals surface area contributed by atoms with Crippen LogP contribution < -0.4 is 10.6 Å². The van der Waals surface area contributed by atoms with Crippen molar-refractivity contribution in [2.45, 2.75) is 39.7 Å². The van der Waals surface area contributed by atoms with Gasteiger partial charge in [0.1, 0.15) is 10.8 Å². The summed E-state index contributed by atoms with van der Waals surface area (Å²) in [6.07, 6.45) is 1.93. The van der Waals surface area contributed by atoms with E-state index in [-0.39, 0.29) is 0 Å². The first kappa shape index (κ1) is 18.5. The van der Waals surface area contributed by atoms with E-state index in [9.17, 15) is 4.79 Å². The molecule has 0 bridgehead atoms. The van der Waals surface area contributed by atoms with Crippen LogP contribution in [0.5, 0.6) is 0 Å². The summed E-state index contributed by atoms with van der Waals surface area (Å²) in [7, 11) is 0. The predicted molar refractivity (Wildman–Crippen MR) is 88.7 cm³/mol. The molecule has 1 aromatic heterocycles. The number of pyridine rings is 1. The zero-order valence-corrected chi connectivity index (χ0v) is 14.3. The zero-order valence-electron chi connectivity index (χ0n) is 13.5. The molecule has 0 aliphatic rings. The molecule has 0 aliphatic heterocycles. The van der Waals surface area contributed by atoms with Crippen LogP contribution in [0.4, 0.5) is 16.2 Å². The molecule has 0 radical (unpaired) electrons. The number of aromatic nitrogens is 1. The quantitative estimate of drug-likeness (QED) is 0.586. The van der Waals surface area contributed by atoms with Gasteiger partial charge in [-0.25, -0.2) is 9.78 Å². The molecule has 0 spiro atoms. The van der Waals surface area contributed by atoms with Gasteiger partial charge in [-0.05, 0) is 27.2 Å². The van der Waals surface area contributed by atoms with Gasteiger partial charge in [0.05, 0.1) is 24.2 Å². The molecule has 22 heavy (non-hydrogen) atoms. The number of rotatable bonds is 7. The third-order valence-electron chi connectivity index (χ3n) is 2.42. The van der Waals surface area contributed by atoms with Gasteiger partial charge < -0.3 is 14.8 Å². The first-order valence-electron chi connectivity index (χ1n) is 7.29. The minimum absolute atomic E-state index is 0.340. The lowest BCUT2D eigenvalue weighted by molar-refractivity contribution is 0.0636. The van der Waals surface area contributed by atoms with Gasteiger partial charge >= 0.3 is 6.09 Å². The van der Waals surface area contributed by atoms with Crippen LogP contribution in [0.3, 0.4) is 0 Å². The molecule has 0 aliphatic carbocycles. The second-order valence-electron chi connectivity index (χ2n) is 5.72. The van der Waals surface area contributed by atoms with Crippen LogP contribution in [0.1, 0.15) is 34.1 Å². The molecule has 0 atom stereocenters. The van der Waals surface area contributed by atoms with Crippen LogP contribution in [-0.2, 0) is 9.47 Å². The highest BCUT2D eigenvalue weighted by Gasteiger charge is 2.17. The summed E-state index contributed by atoms with van der Waals surface area (Å²) in [4.78, 5) is 15.8. The van der Waals surface area contributed by atoms with Gasteiger partial charge in [-0.1, -0.05) is 18.5 Å². The number of hydrogen-bond donors (Lipinski definition) is 2. The molecule has 1 aromatic rings. The maximum atomic E-state index is 11.8. The smallest absolute Gasteiger partial charge is 0.412 e. The van der Waals surface area contributed by atoms with E-state index in [4.69, 9.17) is 21.1 Å².